The minimum Gasteiger partial charge on any atom is -0.300 e. The number of aromatic nitrogens is 2. The van der Waals surface area contributed by atoms with Crippen molar-refractivity contribution in [2.24, 2.45) is 0 Å². The number of nitrogens with zero attached hydrogens (tertiary/aromatic N) is 3. The molecule has 0 N–H and O–H groups in total. The molecule has 1 unspecified atom stereocenters. The molecule has 3 nitrogen and oxygen atoms in total. The van der Waals surface area contributed by atoms with E-state index in [-0.39, 0.29) is 0 Å². The Morgan fingerprint density at radius 2 is 2.29 bits per heavy atom. The monoisotopic (exact) mass is 229 g/mol. The van der Waals surface area contributed by atoms with Crippen LogP contribution in [-0.2, 0) is 0 Å². The lowest BCUT2D eigenvalue weighted by Gasteiger charge is -2.22. The Bertz CT molecular complexity index is 529. The Balaban J connectivity index is 2.11. The summed E-state index contributed by atoms with van der Waals surface area (Å²) < 4.78 is 2.30. The van der Waals surface area contributed by atoms with Crippen LogP contribution in [0.4, 0.5) is 0 Å². The molecule has 1 aliphatic rings. The van der Waals surface area contributed by atoms with Gasteiger partial charge in [0, 0.05) is 5.69 Å². The van der Waals surface area contributed by atoms with Crippen LogP contribution in [0.1, 0.15) is 37.3 Å². The molecule has 3 heteroatoms. The van der Waals surface area contributed by atoms with Gasteiger partial charge in [0.05, 0.1) is 17.8 Å². The van der Waals surface area contributed by atoms with Crippen LogP contribution < -0.4 is 0 Å². The average molecular weight is 229 g/mol. The minimum absolute atomic E-state index is 0.503. The van der Waals surface area contributed by atoms with Crippen molar-refractivity contribution in [2.45, 2.75) is 32.7 Å². The second-order valence-electron chi connectivity index (χ2n) is 4.83. The van der Waals surface area contributed by atoms with Gasteiger partial charge in [0.15, 0.2) is 0 Å². The highest BCUT2D eigenvalue weighted by atomic mass is 15.2. The number of pyridine rings is 1. The normalized spacial score (nSPS) is 21.4. The average Bonchev–Trinajstić information content (AvgIpc) is 2.94. The van der Waals surface area contributed by atoms with Gasteiger partial charge in [-0.25, -0.2) is 4.98 Å². The van der Waals surface area contributed by atoms with Crippen LogP contribution in [0.25, 0.3) is 5.52 Å². The van der Waals surface area contributed by atoms with E-state index in [0.29, 0.717) is 6.04 Å². The topological polar surface area (TPSA) is 20.5 Å². The standard InChI is InChI=1S/C14H19N3/c1-3-16-9-5-8-13(16)14-15-10-12-7-4-6-11(2)17(12)14/h4,6-7,10,13H,3,5,8-9H2,1-2H3. The lowest BCUT2D eigenvalue weighted by molar-refractivity contribution is 0.261. The molecule has 3 heterocycles. The zero-order chi connectivity index (χ0) is 11.8. The molecule has 0 aliphatic carbocycles. The highest BCUT2D eigenvalue weighted by molar-refractivity contribution is 5.47. The maximum absolute atomic E-state index is 4.66. The van der Waals surface area contributed by atoms with Crippen LogP contribution in [0.5, 0.6) is 0 Å². The predicted octanol–water partition coefficient (Wildman–Crippen LogP) is 2.80. The zero-order valence-electron chi connectivity index (χ0n) is 10.6. The van der Waals surface area contributed by atoms with E-state index in [1.807, 2.05) is 6.20 Å². The van der Waals surface area contributed by atoms with Gasteiger partial charge in [-0.2, -0.15) is 0 Å². The second kappa shape index (κ2) is 4.15. The van der Waals surface area contributed by atoms with Crippen molar-refractivity contribution in [3.8, 4) is 0 Å². The summed E-state index contributed by atoms with van der Waals surface area (Å²) in [5.74, 6) is 1.22. The van der Waals surface area contributed by atoms with Gasteiger partial charge in [0.2, 0.25) is 0 Å². The van der Waals surface area contributed by atoms with E-state index in [1.54, 1.807) is 0 Å². The van der Waals surface area contributed by atoms with Crippen LogP contribution in [-0.4, -0.2) is 27.4 Å². The first-order valence-corrected chi connectivity index (χ1v) is 6.48. The maximum atomic E-state index is 4.66. The van der Waals surface area contributed by atoms with Crippen molar-refractivity contribution in [1.29, 1.82) is 0 Å². The van der Waals surface area contributed by atoms with Gasteiger partial charge in [-0.3, -0.25) is 9.30 Å². The number of hydrogen-bond donors (Lipinski definition) is 0. The highest BCUT2D eigenvalue weighted by Crippen LogP contribution is 2.31. The molecule has 0 spiro atoms. The Morgan fingerprint density at radius 3 is 3.12 bits per heavy atom. The van der Waals surface area contributed by atoms with Gasteiger partial charge < -0.3 is 0 Å². The predicted molar refractivity (Wildman–Crippen MR) is 69.2 cm³/mol. The van der Waals surface area contributed by atoms with E-state index >= 15 is 0 Å². The van der Waals surface area contributed by atoms with Crippen LogP contribution in [0.2, 0.25) is 0 Å². The first-order chi connectivity index (χ1) is 8.31. The maximum Gasteiger partial charge on any atom is 0.130 e. The Morgan fingerprint density at radius 1 is 1.41 bits per heavy atom. The van der Waals surface area contributed by atoms with E-state index in [2.05, 4.69) is 46.3 Å². The number of rotatable bonds is 2. The molecule has 1 atom stereocenters. The minimum atomic E-state index is 0.503. The van der Waals surface area contributed by atoms with Crippen molar-refractivity contribution in [3.05, 3.63) is 35.9 Å². The van der Waals surface area contributed by atoms with E-state index in [0.717, 1.165) is 6.54 Å². The van der Waals surface area contributed by atoms with Gasteiger partial charge in [-0.05, 0) is 45.0 Å². The third-order valence-electron chi connectivity index (χ3n) is 3.84. The fourth-order valence-electron chi connectivity index (χ4n) is 2.97. The summed E-state index contributed by atoms with van der Waals surface area (Å²) in [4.78, 5) is 7.19. The first-order valence-electron chi connectivity index (χ1n) is 6.48. The quantitative estimate of drug-likeness (QED) is 0.789. The van der Waals surface area contributed by atoms with Crippen LogP contribution in [0.15, 0.2) is 24.4 Å². The van der Waals surface area contributed by atoms with Crippen molar-refractivity contribution in [2.75, 3.05) is 13.1 Å². The summed E-state index contributed by atoms with van der Waals surface area (Å²) in [6, 6.07) is 6.89. The van der Waals surface area contributed by atoms with Gasteiger partial charge in [0.1, 0.15) is 5.82 Å². The van der Waals surface area contributed by atoms with Crippen molar-refractivity contribution in [1.82, 2.24) is 14.3 Å². The molecule has 90 valence electrons. The lowest BCUT2D eigenvalue weighted by atomic mass is 10.2. The SMILES string of the molecule is CCN1CCCC1c1ncc2cccc(C)n12. The van der Waals surface area contributed by atoms with Gasteiger partial charge in [-0.15, -0.1) is 0 Å². The molecule has 0 bridgehead atoms. The summed E-state index contributed by atoms with van der Waals surface area (Å²) in [5.41, 5.74) is 2.49. The Labute approximate surface area is 102 Å². The lowest BCUT2D eigenvalue weighted by Crippen LogP contribution is -2.24. The fraction of sp³-hybridized carbons (Fsp3) is 0.500. The zero-order valence-corrected chi connectivity index (χ0v) is 10.6. The number of imidazole rings is 1. The van der Waals surface area contributed by atoms with Crippen LogP contribution in [0, 0.1) is 6.92 Å². The van der Waals surface area contributed by atoms with Gasteiger partial charge in [0.25, 0.3) is 0 Å². The highest BCUT2D eigenvalue weighted by Gasteiger charge is 2.28. The Hall–Kier alpha value is -1.35. The van der Waals surface area contributed by atoms with Crippen LogP contribution in [0.3, 0.4) is 0 Å². The molecule has 0 saturated carbocycles. The number of fused-ring (bicyclic) bond motifs is 1. The van der Waals surface area contributed by atoms with E-state index in [1.165, 1.54) is 36.4 Å². The summed E-state index contributed by atoms with van der Waals surface area (Å²) in [6.07, 6.45) is 4.52. The summed E-state index contributed by atoms with van der Waals surface area (Å²) >= 11 is 0. The molecule has 0 aromatic carbocycles. The molecule has 0 radical (unpaired) electrons. The smallest absolute Gasteiger partial charge is 0.130 e. The molecule has 2 aromatic heterocycles. The first kappa shape index (κ1) is 10.8. The molecule has 0 amide bonds. The summed E-state index contributed by atoms with van der Waals surface area (Å²) in [5, 5.41) is 0. The van der Waals surface area contributed by atoms with Crippen molar-refractivity contribution < 1.29 is 0 Å². The largest absolute Gasteiger partial charge is 0.300 e. The summed E-state index contributed by atoms with van der Waals surface area (Å²) in [7, 11) is 0. The number of aryl methyl sites for hydroxylation is 1. The molecular formula is C14H19N3. The molecular weight excluding hydrogens is 210 g/mol. The van der Waals surface area contributed by atoms with Crippen LogP contribution >= 0.6 is 0 Å². The molecule has 1 aliphatic heterocycles. The van der Waals surface area contributed by atoms with E-state index in [4.69, 9.17) is 0 Å². The van der Waals surface area contributed by atoms with Crippen molar-refractivity contribution in [3.63, 3.8) is 0 Å². The van der Waals surface area contributed by atoms with E-state index in [9.17, 15) is 0 Å². The molecule has 1 saturated heterocycles. The fourth-order valence-corrected chi connectivity index (χ4v) is 2.97. The Kier molecular flexibility index (Phi) is 2.63. The number of likely N-dealkylation sites (tertiary alicyclic amines) is 1. The molecule has 3 rings (SSSR count). The van der Waals surface area contributed by atoms with Crippen molar-refractivity contribution >= 4 is 5.52 Å². The molecule has 17 heavy (non-hydrogen) atoms. The second-order valence-corrected chi connectivity index (χ2v) is 4.83. The third-order valence-corrected chi connectivity index (χ3v) is 3.84. The molecule has 1 fully saturated rings. The summed E-state index contributed by atoms with van der Waals surface area (Å²) in [6.45, 7) is 6.72. The third kappa shape index (κ3) is 1.65. The van der Waals surface area contributed by atoms with Gasteiger partial charge in [-0.1, -0.05) is 13.0 Å². The molecule has 2 aromatic rings. The van der Waals surface area contributed by atoms with E-state index < -0.39 is 0 Å². The number of hydrogen-bond acceptors (Lipinski definition) is 2. The van der Waals surface area contributed by atoms with Gasteiger partial charge >= 0.3 is 0 Å².